The number of nitrogens with zero attached hydrogens (tertiary/aromatic N) is 2. The predicted molar refractivity (Wildman–Crippen MR) is 41.7 cm³/mol. The van der Waals surface area contributed by atoms with Gasteiger partial charge in [0.25, 0.3) is 6.36 Å². The number of carboxylic acid groups (broad SMARTS) is 1. The minimum atomic E-state index is -3.31. The van der Waals surface area contributed by atoms with Crippen molar-refractivity contribution in [2.24, 2.45) is 7.05 Å². The number of hydrogen-bond donors (Lipinski definition) is 1. The first-order valence-corrected chi connectivity index (χ1v) is 3.78. The number of carbonyl (C=O) groups is 1. The van der Waals surface area contributed by atoms with Gasteiger partial charge in [-0.15, -0.1) is 5.10 Å². The van der Waals surface area contributed by atoms with E-state index in [0.717, 1.165) is 10.7 Å². The van der Waals surface area contributed by atoms with Crippen LogP contribution in [-0.4, -0.2) is 33.6 Å². The highest BCUT2D eigenvalue weighted by Crippen LogP contribution is 2.16. The molecule has 0 bridgehead atoms. The molecule has 1 heterocycles. The molecule has 5 nitrogen and oxygen atoms in total. The number of alkyl halides is 3. The van der Waals surface area contributed by atoms with Crippen molar-refractivity contribution in [1.29, 1.82) is 0 Å². The molecule has 0 spiro atoms. The number of ether oxygens (including phenoxy) is 1. The van der Waals surface area contributed by atoms with Gasteiger partial charge in [0.2, 0.25) is 5.88 Å². The Morgan fingerprint density at radius 3 is 2.60 bits per heavy atom. The summed E-state index contributed by atoms with van der Waals surface area (Å²) >= 11 is 0. The largest absolute Gasteiger partial charge is 0.477 e. The van der Waals surface area contributed by atoms with E-state index in [9.17, 15) is 18.0 Å². The summed E-state index contributed by atoms with van der Waals surface area (Å²) in [6.45, 7) is 0. The van der Waals surface area contributed by atoms with E-state index in [4.69, 9.17) is 5.11 Å². The van der Waals surface area contributed by atoms with Crippen LogP contribution in [0.25, 0.3) is 0 Å². The van der Waals surface area contributed by atoms with Crippen molar-refractivity contribution in [3.05, 3.63) is 11.8 Å². The van der Waals surface area contributed by atoms with Gasteiger partial charge in [-0.2, -0.15) is 4.39 Å². The predicted octanol–water partition coefficient (Wildman–Crippen LogP) is 1.06. The molecule has 84 valence electrons. The fourth-order valence-corrected chi connectivity index (χ4v) is 0.865. The molecule has 1 N–H and O–H groups in total. The van der Waals surface area contributed by atoms with Crippen molar-refractivity contribution >= 4 is 5.97 Å². The Morgan fingerprint density at radius 2 is 2.20 bits per heavy atom. The van der Waals surface area contributed by atoms with E-state index in [1.54, 1.807) is 0 Å². The lowest BCUT2D eigenvalue weighted by atomic mass is 10.4. The maximum Gasteiger partial charge on any atom is 0.354 e. The van der Waals surface area contributed by atoms with E-state index < -0.39 is 24.6 Å². The second kappa shape index (κ2) is 4.20. The van der Waals surface area contributed by atoms with Gasteiger partial charge in [-0.25, -0.2) is 13.6 Å². The molecular weight excluding hydrogens is 217 g/mol. The first-order chi connectivity index (χ1) is 6.91. The fraction of sp³-hybridized carbons (Fsp3) is 0.429. The van der Waals surface area contributed by atoms with Crippen LogP contribution in [0, 0.1) is 0 Å². The van der Waals surface area contributed by atoms with Crippen LogP contribution in [-0.2, 0) is 7.05 Å². The quantitative estimate of drug-likeness (QED) is 0.830. The SMILES string of the molecule is Cn1nc(OC(F)C(F)F)cc1C(=O)O. The Labute approximate surface area is 82.1 Å². The van der Waals surface area contributed by atoms with Gasteiger partial charge in [-0.1, -0.05) is 0 Å². The van der Waals surface area contributed by atoms with Crippen molar-refractivity contribution in [3.8, 4) is 5.88 Å². The van der Waals surface area contributed by atoms with Crippen LogP contribution in [0.5, 0.6) is 5.88 Å². The molecule has 1 atom stereocenters. The molecule has 1 rings (SSSR count). The van der Waals surface area contributed by atoms with Crippen LogP contribution in [0.3, 0.4) is 0 Å². The summed E-state index contributed by atoms with van der Waals surface area (Å²) in [5.74, 6) is -1.81. The van der Waals surface area contributed by atoms with Gasteiger partial charge >= 0.3 is 12.4 Å². The highest BCUT2D eigenvalue weighted by Gasteiger charge is 2.23. The summed E-state index contributed by atoms with van der Waals surface area (Å²) in [5.41, 5.74) is -0.286. The Morgan fingerprint density at radius 1 is 1.60 bits per heavy atom. The summed E-state index contributed by atoms with van der Waals surface area (Å²) < 4.78 is 40.8. The highest BCUT2D eigenvalue weighted by molar-refractivity contribution is 5.85. The molecule has 0 aliphatic heterocycles. The smallest absolute Gasteiger partial charge is 0.354 e. The van der Waals surface area contributed by atoms with E-state index in [2.05, 4.69) is 9.84 Å². The van der Waals surface area contributed by atoms with Gasteiger partial charge in [0, 0.05) is 13.1 Å². The van der Waals surface area contributed by atoms with Crippen molar-refractivity contribution in [1.82, 2.24) is 9.78 Å². The lowest BCUT2D eigenvalue weighted by molar-refractivity contribution is -0.0692. The Bertz CT molecular complexity index is 366. The number of hydrogen-bond acceptors (Lipinski definition) is 3. The summed E-state index contributed by atoms with van der Waals surface area (Å²) in [5, 5.41) is 12.0. The van der Waals surface area contributed by atoms with Crippen molar-refractivity contribution in [2.45, 2.75) is 12.8 Å². The highest BCUT2D eigenvalue weighted by atomic mass is 19.3. The average Bonchev–Trinajstić information content (AvgIpc) is 2.46. The topological polar surface area (TPSA) is 64.4 Å². The minimum absolute atomic E-state index is 0.286. The standard InChI is InChI=1S/C7H7F3N2O3/c1-12-3(7(13)14)2-4(11-12)15-6(10)5(8)9/h2,5-6H,1H3,(H,13,14). The zero-order valence-corrected chi connectivity index (χ0v) is 7.52. The van der Waals surface area contributed by atoms with Crippen LogP contribution >= 0.6 is 0 Å². The van der Waals surface area contributed by atoms with Gasteiger partial charge in [0.1, 0.15) is 5.69 Å². The molecule has 1 unspecified atom stereocenters. The van der Waals surface area contributed by atoms with E-state index >= 15 is 0 Å². The Kier molecular flexibility index (Phi) is 3.17. The molecule has 15 heavy (non-hydrogen) atoms. The van der Waals surface area contributed by atoms with E-state index in [1.807, 2.05) is 0 Å². The van der Waals surface area contributed by atoms with Gasteiger partial charge in [0.15, 0.2) is 0 Å². The normalized spacial score (nSPS) is 12.9. The molecule has 0 saturated carbocycles. The monoisotopic (exact) mass is 224 g/mol. The summed E-state index contributed by atoms with van der Waals surface area (Å²) in [6, 6.07) is 0.858. The number of aromatic carboxylic acids is 1. The van der Waals surface area contributed by atoms with Gasteiger partial charge in [-0.3, -0.25) is 4.68 Å². The molecule has 0 radical (unpaired) electrons. The average molecular weight is 224 g/mol. The van der Waals surface area contributed by atoms with Crippen molar-refractivity contribution in [3.63, 3.8) is 0 Å². The van der Waals surface area contributed by atoms with Crippen molar-refractivity contribution in [2.75, 3.05) is 0 Å². The summed E-state index contributed by atoms with van der Waals surface area (Å²) in [6.07, 6.45) is -6.12. The van der Waals surface area contributed by atoms with Crippen LogP contribution in [0.2, 0.25) is 0 Å². The number of carboxylic acids is 1. The molecule has 0 aromatic carbocycles. The Balaban J connectivity index is 2.80. The number of aromatic nitrogens is 2. The first-order valence-electron chi connectivity index (χ1n) is 3.78. The van der Waals surface area contributed by atoms with Crippen molar-refractivity contribution < 1.29 is 27.8 Å². The van der Waals surface area contributed by atoms with Gasteiger partial charge in [0.05, 0.1) is 0 Å². The van der Waals surface area contributed by atoms with E-state index in [0.29, 0.717) is 0 Å². The van der Waals surface area contributed by atoms with Crippen LogP contribution in [0.1, 0.15) is 10.5 Å². The third kappa shape index (κ3) is 2.61. The Hall–Kier alpha value is -1.73. The molecule has 0 saturated heterocycles. The second-order valence-electron chi connectivity index (χ2n) is 2.60. The summed E-state index contributed by atoms with van der Waals surface area (Å²) in [4.78, 5) is 10.5. The molecule has 1 aromatic rings. The van der Waals surface area contributed by atoms with E-state index in [1.165, 1.54) is 7.05 Å². The minimum Gasteiger partial charge on any atom is -0.477 e. The number of halogens is 3. The van der Waals surface area contributed by atoms with Crippen LogP contribution < -0.4 is 4.74 Å². The fourth-order valence-electron chi connectivity index (χ4n) is 0.865. The summed E-state index contributed by atoms with van der Waals surface area (Å²) in [7, 11) is 1.27. The van der Waals surface area contributed by atoms with Gasteiger partial charge in [-0.05, 0) is 0 Å². The molecule has 0 fully saturated rings. The number of aryl methyl sites for hydroxylation is 1. The molecule has 8 heteroatoms. The molecule has 0 amide bonds. The molecule has 0 aliphatic rings. The first kappa shape index (κ1) is 11.3. The maximum absolute atomic E-state index is 12.4. The molecule has 1 aromatic heterocycles. The zero-order chi connectivity index (χ0) is 11.6. The lowest BCUT2D eigenvalue weighted by Crippen LogP contribution is -2.19. The third-order valence-electron chi connectivity index (χ3n) is 1.51. The maximum atomic E-state index is 12.4. The second-order valence-corrected chi connectivity index (χ2v) is 2.60. The third-order valence-corrected chi connectivity index (χ3v) is 1.51. The van der Waals surface area contributed by atoms with Gasteiger partial charge < -0.3 is 9.84 Å². The van der Waals surface area contributed by atoms with Crippen LogP contribution in [0.4, 0.5) is 13.2 Å². The number of rotatable bonds is 4. The lowest BCUT2D eigenvalue weighted by Gasteiger charge is -2.06. The molecule has 0 aliphatic carbocycles. The zero-order valence-electron chi connectivity index (χ0n) is 7.52. The van der Waals surface area contributed by atoms with E-state index in [-0.39, 0.29) is 5.69 Å². The molecular formula is C7H7F3N2O3. The van der Waals surface area contributed by atoms with Crippen LogP contribution in [0.15, 0.2) is 6.07 Å².